The first-order chi connectivity index (χ1) is 7.81. The van der Waals surface area contributed by atoms with Crippen molar-refractivity contribution in [1.82, 2.24) is 9.55 Å². The van der Waals surface area contributed by atoms with Gasteiger partial charge in [0.2, 0.25) is 0 Å². The summed E-state index contributed by atoms with van der Waals surface area (Å²) in [6.45, 7) is 3.74. The van der Waals surface area contributed by atoms with E-state index < -0.39 is 0 Å². The predicted octanol–water partition coefficient (Wildman–Crippen LogP) is 2.21. The second kappa shape index (κ2) is 4.94. The van der Waals surface area contributed by atoms with Gasteiger partial charge in [0, 0.05) is 24.5 Å². The van der Waals surface area contributed by atoms with Crippen molar-refractivity contribution in [3.63, 3.8) is 0 Å². The minimum atomic E-state index is 0.714. The number of nitrogens with two attached hydrogens (primary N) is 1. The second-order valence-corrected chi connectivity index (χ2v) is 3.96. The van der Waals surface area contributed by atoms with Crippen molar-refractivity contribution in [2.75, 3.05) is 6.54 Å². The molecule has 0 aliphatic rings. The SMILES string of the molecule is Cc1cccc(-c2nccn2CCCN)c1. The van der Waals surface area contributed by atoms with Crippen LogP contribution in [0.3, 0.4) is 0 Å². The molecule has 2 aromatic rings. The molecular weight excluding hydrogens is 198 g/mol. The third kappa shape index (κ3) is 2.31. The highest BCUT2D eigenvalue weighted by Crippen LogP contribution is 2.18. The van der Waals surface area contributed by atoms with Crippen LogP contribution in [0.4, 0.5) is 0 Å². The fourth-order valence-corrected chi connectivity index (χ4v) is 1.80. The molecule has 0 amide bonds. The van der Waals surface area contributed by atoms with E-state index in [0.717, 1.165) is 18.8 Å². The molecule has 84 valence electrons. The largest absolute Gasteiger partial charge is 0.331 e. The quantitative estimate of drug-likeness (QED) is 0.849. The van der Waals surface area contributed by atoms with Gasteiger partial charge < -0.3 is 10.3 Å². The summed E-state index contributed by atoms with van der Waals surface area (Å²) >= 11 is 0. The van der Waals surface area contributed by atoms with Gasteiger partial charge in [0.05, 0.1) is 0 Å². The van der Waals surface area contributed by atoms with E-state index in [1.54, 1.807) is 0 Å². The van der Waals surface area contributed by atoms with E-state index in [2.05, 4.69) is 40.7 Å². The van der Waals surface area contributed by atoms with Gasteiger partial charge in [-0.15, -0.1) is 0 Å². The van der Waals surface area contributed by atoms with Gasteiger partial charge in [-0.2, -0.15) is 0 Å². The van der Waals surface area contributed by atoms with Crippen molar-refractivity contribution >= 4 is 0 Å². The predicted molar refractivity (Wildman–Crippen MR) is 66.1 cm³/mol. The van der Waals surface area contributed by atoms with Crippen LogP contribution in [-0.4, -0.2) is 16.1 Å². The Kier molecular flexibility index (Phi) is 3.37. The summed E-state index contributed by atoms with van der Waals surface area (Å²) in [5.74, 6) is 1.03. The van der Waals surface area contributed by atoms with E-state index >= 15 is 0 Å². The van der Waals surface area contributed by atoms with Crippen LogP contribution < -0.4 is 5.73 Å². The first-order valence-electron chi connectivity index (χ1n) is 5.59. The molecule has 0 saturated carbocycles. The molecule has 0 spiro atoms. The molecule has 0 saturated heterocycles. The molecule has 0 aliphatic carbocycles. The zero-order valence-electron chi connectivity index (χ0n) is 9.56. The maximum atomic E-state index is 5.52. The van der Waals surface area contributed by atoms with Crippen LogP contribution >= 0.6 is 0 Å². The highest BCUT2D eigenvalue weighted by Gasteiger charge is 2.04. The smallest absolute Gasteiger partial charge is 0.139 e. The van der Waals surface area contributed by atoms with E-state index in [1.165, 1.54) is 11.1 Å². The Morgan fingerprint density at radius 2 is 2.25 bits per heavy atom. The van der Waals surface area contributed by atoms with Crippen LogP contribution in [0.25, 0.3) is 11.4 Å². The zero-order valence-corrected chi connectivity index (χ0v) is 9.56. The van der Waals surface area contributed by atoms with Gasteiger partial charge >= 0.3 is 0 Å². The van der Waals surface area contributed by atoms with Gasteiger partial charge in [-0.3, -0.25) is 0 Å². The number of rotatable bonds is 4. The molecule has 3 nitrogen and oxygen atoms in total. The Labute approximate surface area is 95.9 Å². The number of benzene rings is 1. The molecule has 0 bridgehead atoms. The molecule has 2 rings (SSSR count). The van der Waals surface area contributed by atoms with Crippen molar-refractivity contribution in [2.45, 2.75) is 19.9 Å². The lowest BCUT2D eigenvalue weighted by atomic mass is 10.1. The molecule has 2 N–H and O–H groups in total. The summed E-state index contributed by atoms with van der Waals surface area (Å²) in [4.78, 5) is 4.40. The summed E-state index contributed by atoms with van der Waals surface area (Å²) in [6.07, 6.45) is 4.83. The number of hydrogen-bond acceptors (Lipinski definition) is 2. The molecule has 0 radical (unpaired) electrons. The number of hydrogen-bond donors (Lipinski definition) is 1. The van der Waals surface area contributed by atoms with Crippen LogP contribution in [0, 0.1) is 6.92 Å². The highest BCUT2D eigenvalue weighted by molar-refractivity contribution is 5.56. The van der Waals surface area contributed by atoms with Crippen LogP contribution in [0.5, 0.6) is 0 Å². The van der Waals surface area contributed by atoms with E-state index in [4.69, 9.17) is 5.73 Å². The Hall–Kier alpha value is -1.61. The van der Waals surface area contributed by atoms with E-state index in [9.17, 15) is 0 Å². The lowest BCUT2D eigenvalue weighted by Crippen LogP contribution is -2.06. The van der Waals surface area contributed by atoms with Crippen molar-refractivity contribution in [1.29, 1.82) is 0 Å². The summed E-state index contributed by atoms with van der Waals surface area (Å²) in [5.41, 5.74) is 7.95. The van der Waals surface area contributed by atoms with Crippen LogP contribution in [0.1, 0.15) is 12.0 Å². The lowest BCUT2D eigenvalue weighted by Gasteiger charge is -2.07. The van der Waals surface area contributed by atoms with Gasteiger partial charge in [0.1, 0.15) is 5.82 Å². The van der Waals surface area contributed by atoms with Crippen molar-refractivity contribution < 1.29 is 0 Å². The maximum absolute atomic E-state index is 5.52. The minimum Gasteiger partial charge on any atom is -0.331 e. The number of aromatic nitrogens is 2. The first kappa shape index (κ1) is 10.9. The third-order valence-electron chi connectivity index (χ3n) is 2.59. The number of aryl methyl sites for hydroxylation is 2. The topological polar surface area (TPSA) is 43.8 Å². The molecular formula is C13H17N3. The Morgan fingerprint density at radius 3 is 3.00 bits per heavy atom. The summed E-state index contributed by atoms with van der Waals surface area (Å²) in [6, 6.07) is 8.40. The summed E-state index contributed by atoms with van der Waals surface area (Å²) in [7, 11) is 0. The van der Waals surface area contributed by atoms with Crippen LogP contribution in [0.2, 0.25) is 0 Å². The van der Waals surface area contributed by atoms with Gasteiger partial charge in [-0.25, -0.2) is 4.98 Å². The fourth-order valence-electron chi connectivity index (χ4n) is 1.80. The zero-order chi connectivity index (χ0) is 11.4. The number of imidazole rings is 1. The lowest BCUT2D eigenvalue weighted by molar-refractivity contribution is 0.656. The molecule has 16 heavy (non-hydrogen) atoms. The van der Waals surface area contributed by atoms with Crippen LogP contribution in [-0.2, 0) is 6.54 Å². The van der Waals surface area contributed by atoms with E-state index in [-0.39, 0.29) is 0 Å². The average Bonchev–Trinajstić information content (AvgIpc) is 2.74. The monoisotopic (exact) mass is 215 g/mol. The average molecular weight is 215 g/mol. The van der Waals surface area contributed by atoms with Crippen molar-refractivity contribution in [2.24, 2.45) is 5.73 Å². The first-order valence-corrected chi connectivity index (χ1v) is 5.59. The molecule has 0 fully saturated rings. The van der Waals surface area contributed by atoms with Crippen molar-refractivity contribution in [3.8, 4) is 11.4 Å². The van der Waals surface area contributed by atoms with E-state index in [0.29, 0.717) is 6.54 Å². The third-order valence-corrected chi connectivity index (χ3v) is 2.59. The Bertz CT molecular complexity index is 460. The molecule has 3 heteroatoms. The normalized spacial score (nSPS) is 10.6. The molecule has 0 unspecified atom stereocenters. The molecule has 1 aromatic heterocycles. The summed E-state index contributed by atoms with van der Waals surface area (Å²) in [5, 5.41) is 0. The minimum absolute atomic E-state index is 0.714. The van der Waals surface area contributed by atoms with Gasteiger partial charge in [-0.05, 0) is 26.0 Å². The highest BCUT2D eigenvalue weighted by atomic mass is 15.1. The molecule has 1 aromatic carbocycles. The molecule has 1 heterocycles. The Balaban J connectivity index is 2.29. The fraction of sp³-hybridized carbons (Fsp3) is 0.308. The maximum Gasteiger partial charge on any atom is 0.139 e. The van der Waals surface area contributed by atoms with Crippen LogP contribution in [0.15, 0.2) is 36.7 Å². The summed E-state index contributed by atoms with van der Waals surface area (Å²) < 4.78 is 2.15. The number of nitrogens with zero attached hydrogens (tertiary/aromatic N) is 2. The van der Waals surface area contributed by atoms with E-state index in [1.807, 2.05) is 12.4 Å². The standard InChI is InChI=1S/C13H17N3/c1-11-4-2-5-12(10-11)13-15-7-9-16(13)8-3-6-14/h2,4-5,7,9-10H,3,6,8,14H2,1H3. The molecule has 0 atom stereocenters. The molecule has 0 aliphatic heterocycles. The Morgan fingerprint density at radius 1 is 1.38 bits per heavy atom. The van der Waals surface area contributed by atoms with Gasteiger partial charge in [0.25, 0.3) is 0 Å². The van der Waals surface area contributed by atoms with Gasteiger partial charge in [0.15, 0.2) is 0 Å². The van der Waals surface area contributed by atoms with Gasteiger partial charge in [-0.1, -0.05) is 23.8 Å². The second-order valence-electron chi connectivity index (χ2n) is 3.96. The van der Waals surface area contributed by atoms with Crippen molar-refractivity contribution in [3.05, 3.63) is 42.2 Å².